The lowest BCUT2D eigenvalue weighted by molar-refractivity contribution is -0.128. The van der Waals surface area contributed by atoms with Crippen molar-refractivity contribution in [1.29, 1.82) is 0 Å². The van der Waals surface area contributed by atoms with Gasteiger partial charge in [0.2, 0.25) is 5.91 Å². The number of ether oxygens (including phenoxy) is 1. The molecular weight excluding hydrogens is 434 g/mol. The summed E-state index contributed by atoms with van der Waals surface area (Å²) in [7, 11) is 0. The summed E-state index contributed by atoms with van der Waals surface area (Å²) in [6.45, 7) is 4.14. The zero-order chi connectivity index (χ0) is 22.9. The Morgan fingerprint density at radius 2 is 1.73 bits per heavy atom. The molecule has 5 nitrogen and oxygen atoms in total. The first-order valence-electron chi connectivity index (χ1n) is 11.5. The number of nitrogens with one attached hydrogen (secondary N) is 1. The average molecular weight is 464 g/mol. The number of hydrogen-bond donors (Lipinski definition) is 1. The first kappa shape index (κ1) is 23.1. The summed E-state index contributed by atoms with van der Waals surface area (Å²) in [5.74, 6) is 1.68. The maximum Gasteiger partial charge on any atom is 0.242 e. The van der Waals surface area contributed by atoms with E-state index in [1.54, 1.807) is 0 Å². The lowest BCUT2D eigenvalue weighted by Gasteiger charge is -2.28. The highest BCUT2D eigenvalue weighted by Crippen LogP contribution is 2.32. The molecule has 0 atom stereocenters. The van der Waals surface area contributed by atoms with Crippen molar-refractivity contribution < 1.29 is 9.53 Å². The molecule has 3 aromatic rings. The second-order valence-corrected chi connectivity index (χ2v) is 8.64. The molecule has 0 bridgehead atoms. The van der Waals surface area contributed by atoms with Crippen molar-refractivity contribution in [2.24, 2.45) is 0 Å². The van der Waals surface area contributed by atoms with Crippen LogP contribution in [-0.2, 0) is 11.3 Å². The fraction of sp³-hybridized carbons (Fsp3) is 0.296. The molecule has 0 unspecified atom stereocenters. The number of carbonyl (C=O) groups excluding carboxylic acids is 1. The van der Waals surface area contributed by atoms with Gasteiger partial charge in [0.25, 0.3) is 0 Å². The molecule has 6 heteroatoms. The van der Waals surface area contributed by atoms with Gasteiger partial charge in [-0.25, -0.2) is 0 Å². The minimum Gasteiger partial charge on any atom is -0.455 e. The number of carbonyl (C=O) groups is 1. The third-order valence-electron chi connectivity index (χ3n) is 5.74. The normalized spacial score (nSPS) is 13.2. The summed E-state index contributed by atoms with van der Waals surface area (Å²) in [4.78, 5) is 17.1. The van der Waals surface area contributed by atoms with E-state index < -0.39 is 0 Å². The van der Waals surface area contributed by atoms with Crippen molar-refractivity contribution in [2.45, 2.75) is 19.4 Å². The Morgan fingerprint density at radius 1 is 0.970 bits per heavy atom. The maximum absolute atomic E-state index is 13.0. The van der Waals surface area contributed by atoms with Crippen LogP contribution in [0.2, 0.25) is 5.02 Å². The standard InChI is InChI=1S/C27H30ClN3O2/c28-23-10-8-9-22(19-23)20-29-15-18-31(21-27(32)30-16-6-7-17-30)25-13-4-5-14-26(25)33-24-11-2-1-3-12-24/h1-5,8-14,19,29H,6-7,15-18,20-21H2. The third kappa shape index (κ3) is 6.73. The Hall–Kier alpha value is -3.02. The van der Waals surface area contributed by atoms with Crippen LogP contribution in [0, 0.1) is 0 Å². The second-order valence-electron chi connectivity index (χ2n) is 8.20. The molecule has 1 heterocycles. The molecule has 0 spiro atoms. The van der Waals surface area contributed by atoms with Crippen LogP contribution in [0.5, 0.6) is 11.5 Å². The van der Waals surface area contributed by atoms with Crippen LogP contribution < -0.4 is 15.0 Å². The summed E-state index contributed by atoms with van der Waals surface area (Å²) < 4.78 is 6.18. The molecule has 1 aliphatic rings. The zero-order valence-electron chi connectivity index (χ0n) is 18.8. The van der Waals surface area contributed by atoms with Crippen LogP contribution in [0.15, 0.2) is 78.9 Å². The SMILES string of the molecule is O=C(CN(CCNCc1cccc(Cl)c1)c1ccccc1Oc1ccccc1)N1CCCC1. The molecule has 0 radical (unpaired) electrons. The van der Waals surface area contributed by atoms with Gasteiger partial charge >= 0.3 is 0 Å². The van der Waals surface area contributed by atoms with E-state index in [0.717, 1.165) is 66.8 Å². The van der Waals surface area contributed by atoms with E-state index in [1.165, 1.54) is 0 Å². The van der Waals surface area contributed by atoms with Gasteiger partial charge in [-0.15, -0.1) is 0 Å². The number of benzene rings is 3. The van der Waals surface area contributed by atoms with Gasteiger partial charge in [-0.2, -0.15) is 0 Å². The Morgan fingerprint density at radius 3 is 2.52 bits per heavy atom. The van der Waals surface area contributed by atoms with Crippen LogP contribution in [0.4, 0.5) is 5.69 Å². The number of rotatable bonds is 10. The van der Waals surface area contributed by atoms with E-state index in [0.29, 0.717) is 13.1 Å². The average Bonchev–Trinajstić information content (AvgIpc) is 3.37. The molecule has 1 N–H and O–H groups in total. The van der Waals surface area contributed by atoms with Gasteiger partial charge in [0, 0.05) is 37.7 Å². The van der Waals surface area contributed by atoms with Crippen molar-refractivity contribution in [3.63, 3.8) is 0 Å². The Balaban J connectivity index is 1.47. The second kappa shape index (κ2) is 11.7. The molecule has 1 aliphatic heterocycles. The van der Waals surface area contributed by atoms with E-state index in [9.17, 15) is 4.79 Å². The fourth-order valence-electron chi connectivity index (χ4n) is 4.03. The molecule has 3 aromatic carbocycles. The van der Waals surface area contributed by atoms with Crippen LogP contribution in [0.25, 0.3) is 0 Å². The molecule has 4 rings (SSSR count). The lowest BCUT2D eigenvalue weighted by atomic mass is 10.2. The lowest BCUT2D eigenvalue weighted by Crippen LogP contribution is -2.41. The molecule has 33 heavy (non-hydrogen) atoms. The highest BCUT2D eigenvalue weighted by Gasteiger charge is 2.22. The smallest absolute Gasteiger partial charge is 0.242 e. The summed E-state index contributed by atoms with van der Waals surface area (Å²) in [6.07, 6.45) is 2.17. The number of amides is 1. The van der Waals surface area contributed by atoms with Crippen molar-refractivity contribution in [2.75, 3.05) is 37.6 Å². The first-order valence-corrected chi connectivity index (χ1v) is 11.9. The first-order chi connectivity index (χ1) is 16.2. The number of likely N-dealkylation sites (tertiary alicyclic amines) is 1. The minimum atomic E-state index is 0.164. The van der Waals surface area contributed by atoms with E-state index in [4.69, 9.17) is 16.3 Å². The number of halogens is 1. The van der Waals surface area contributed by atoms with E-state index >= 15 is 0 Å². The summed E-state index contributed by atoms with van der Waals surface area (Å²) in [5.41, 5.74) is 2.05. The summed E-state index contributed by atoms with van der Waals surface area (Å²) >= 11 is 6.10. The third-order valence-corrected chi connectivity index (χ3v) is 5.97. The summed E-state index contributed by atoms with van der Waals surface area (Å²) in [6, 6.07) is 25.5. The van der Waals surface area contributed by atoms with Gasteiger partial charge in [-0.1, -0.05) is 54.1 Å². The van der Waals surface area contributed by atoms with Gasteiger partial charge in [-0.05, 0) is 54.8 Å². The Labute approximate surface area is 200 Å². The highest BCUT2D eigenvalue weighted by atomic mass is 35.5. The quantitative estimate of drug-likeness (QED) is 0.411. The van der Waals surface area contributed by atoms with Crippen molar-refractivity contribution in [3.8, 4) is 11.5 Å². The molecular formula is C27H30ClN3O2. The van der Waals surface area contributed by atoms with Gasteiger partial charge < -0.3 is 19.9 Å². The largest absolute Gasteiger partial charge is 0.455 e. The van der Waals surface area contributed by atoms with Crippen molar-refractivity contribution in [3.05, 3.63) is 89.4 Å². The molecule has 1 saturated heterocycles. The molecule has 0 saturated carbocycles. The number of nitrogens with zero attached hydrogens (tertiary/aromatic N) is 2. The van der Waals surface area contributed by atoms with E-state index in [1.807, 2.05) is 77.7 Å². The van der Waals surface area contributed by atoms with E-state index in [-0.39, 0.29) is 5.91 Å². The molecule has 0 aliphatic carbocycles. The number of anilines is 1. The molecule has 1 fully saturated rings. The Kier molecular flexibility index (Phi) is 8.23. The van der Waals surface area contributed by atoms with Crippen molar-refractivity contribution >= 4 is 23.2 Å². The maximum atomic E-state index is 13.0. The fourth-order valence-corrected chi connectivity index (χ4v) is 4.24. The van der Waals surface area contributed by atoms with Gasteiger partial charge in [0.1, 0.15) is 5.75 Å². The van der Waals surface area contributed by atoms with Crippen LogP contribution in [0.3, 0.4) is 0 Å². The summed E-state index contributed by atoms with van der Waals surface area (Å²) in [5, 5.41) is 4.21. The highest BCUT2D eigenvalue weighted by molar-refractivity contribution is 6.30. The van der Waals surface area contributed by atoms with Gasteiger partial charge in [0.15, 0.2) is 5.75 Å². The van der Waals surface area contributed by atoms with Crippen LogP contribution >= 0.6 is 11.6 Å². The molecule has 1 amide bonds. The molecule has 172 valence electrons. The topological polar surface area (TPSA) is 44.8 Å². The predicted octanol–water partition coefficient (Wildman–Crippen LogP) is 5.35. The van der Waals surface area contributed by atoms with Crippen LogP contribution in [-0.4, -0.2) is 43.5 Å². The van der Waals surface area contributed by atoms with Gasteiger partial charge in [-0.3, -0.25) is 4.79 Å². The number of para-hydroxylation sites is 3. The zero-order valence-corrected chi connectivity index (χ0v) is 19.5. The van der Waals surface area contributed by atoms with Crippen molar-refractivity contribution in [1.82, 2.24) is 10.2 Å². The monoisotopic (exact) mass is 463 g/mol. The minimum absolute atomic E-state index is 0.164. The van der Waals surface area contributed by atoms with Crippen LogP contribution in [0.1, 0.15) is 18.4 Å². The molecule has 0 aromatic heterocycles. The van der Waals surface area contributed by atoms with E-state index in [2.05, 4.69) is 16.3 Å². The predicted molar refractivity (Wildman–Crippen MR) is 134 cm³/mol. The number of hydrogen-bond acceptors (Lipinski definition) is 4. The Bertz CT molecular complexity index is 1040. The van der Waals surface area contributed by atoms with Gasteiger partial charge in [0.05, 0.1) is 12.2 Å².